The van der Waals surface area contributed by atoms with Crippen LogP contribution in [0.25, 0.3) is 11.4 Å². The average Bonchev–Trinajstić information content (AvgIpc) is 2.49. The molecule has 1 aromatic heterocycles. The maximum atomic E-state index is 13.7. The molecule has 1 aliphatic rings. The topological polar surface area (TPSA) is 37.8 Å². The normalized spacial score (nSPS) is 13.9. The van der Waals surface area contributed by atoms with Crippen LogP contribution in [0.2, 0.25) is 0 Å². The van der Waals surface area contributed by atoms with Crippen LogP contribution in [-0.2, 0) is 12.8 Å². The zero-order valence-corrected chi connectivity index (χ0v) is 12.8. The standard InChI is InChI=1S/C15H15BrFN3/c1-18-15-10-4-2-3-5-13(10)19-14(20-15)9-6-7-11(16)12(17)8-9/h6-8H,2-5H2,1H3,(H,18,19,20). The molecule has 0 saturated carbocycles. The van der Waals surface area contributed by atoms with E-state index in [2.05, 4.69) is 31.2 Å². The molecular formula is C15H15BrFN3. The largest absolute Gasteiger partial charge is 0.373 e. The molecule has 0 saturated heterocycles. The number of aromatic nitrogens is 2. The van der Waals surface area contributed by atoms with E-state index in [1.165, 1.54) is 18.1 Å². The number of nitrogens with one attached hydrogen (secondary N) is 1. The number of hydrogen-bond acceptors (Lipinski definition) is 3. The molecule has 0 fully saturated rings. The fraction of sp³-hybridized carbons (Fsp3) is 0.333. The van der Waals surface area contributed by atoms with Crippen LogP contribution in [0.1, 0.15) is 24.1 Å². The average molecular weight is 336 g/mol. The third-order valence-electron chi connectivity index (χ3n) is 3.60. The van der Waals surface area contributed by atoms with Gasteiger partial charge >= 0.3 is 0 Å². The van der Waals surface area contributed by atoms with Gasteiger partial charge in [-0.3, -0.25) is 0 Å². The molecule has 0 atom stereocenters. The number of halogens is 2. The van der Waals surface area contributed by atoms with E-state index in [1.807, 2.05) is 13.1 Å². The van der Waals surface area contributed by atoms with Gasteiger partial charge in [0.1, 0.15) is 11.6 Å². The van der Waals surface area contributed by atoms with E-state index < -0.39 is 0 Å². The van der Waals surface area contributed by atoms with Crippen molar-refractivity contribution in [3.05, 3.63) is 39.7 Å². The predicted octanol–water partition coefficient (Wildman–Crippen LogP) is 3.97. The zero-order chi connectivity index (χ0) is 14.1. The van der Waals surface area contributed by atoms with Crippen LogP contribution in [-0.4, -0.2) is 17.0 Å². The molecule has 1 aromatic carbocycles. The van der Waals surface area contributed by atoms with Gasteiger partial charge in [-0.1, -0.05) is 0 Å². The number of aryl methyl sites for hydroxylation is 1. The van der Waals surface area contributed by atoms with Gasteiger partial charge in [0.25, 0.3) is 0 Å². The Hall–Kier alpha value is -1.49. The number of hydrogen-bond donors (Lipinski definition) is 1. The Morgan fingerprint density at radius 3 is 2.75 bits per heavy atom. The van der Waals surface area contributed by atoms with Crippen molar-refractivity contribution in [3.63, 3.8) is 0 Å². The van der Waals surface area contributed by atoms with E-state index in [4.69, 9.17) is 0 Å². The van der Waals surface area contributed by atoms with Crippen molar-refractivity contribution < 1.29 is 4.39 Å². The molecule has 3 rings (SSSR count). The van der Waals surface area contributed by atoms with Crippen molar-refractivity contribution >= 4 is 21.7 Å². The van der Waals surface area contributed by atoms with Crippen molar-refractivity contribution in [1.82, 2.24) is 9.97 Å². The van der Waals surface area contributed by atoms with E-state index >= 15 is 0 Å². The Labute approximate surface area is 125 Å². The lowest BCUT2D eigenvalue weighted by molar-refractivity contribution is 0.621. The predicted molar refractivity (Wildman–Crippen MR) is 81.3 cm³/mol. The van der Waals surface area contributed by atoms with Crippen LogP contribution in [0.3, 0.4) is 0 Å². The summed E-state index contributed by atoms with van der Waals surface area (Å²) in [5.74, 6) is 1.16. The van der Waals surface area contributed by atoms with Gasteiger partial charge in [0.15, 0.2) is 5.82 Å². The molecular weight excluding hydrogens is 321 g/mol. The lowest BCUT2D eigenvalue weighted by Crippen LogP contribution is -2.12. The number of anilines is 1. The first kappa shape index (κ1) is 13.5. The SMILES string of the molecule is CNc1nc(-c2ccc(Br)c(F)c2)nc2c1CCCC2. The number of fused-ring (bicyclic) bond motifs is 1. The highest BCUT2D eigenvalue weighted by Crippen LogP contribution is 2.29. The Bertz CT molecular complexity index is 641. The molecule has 1 N–H and O–H groups in total. The van der Waals surface area contributed by atoms with Crippen LogP contribution in [0.5, 0.6) is 0 Å². The van der Waals surface area contributed by atoms with Crippen LogP contribution >= 0.6 is 15.9 Å². The van der Waals surface area contributed by atoms with Gasteiger partial charge in [0.05, 0.1) is 4.47 Å². The van der Waals surface area contributed by atoms with Crippen LogP contribution in [0, 0.1) is 5.82 Å². The van der Waals surface area contributed by atoms with Gasteiger partial charge < -0.3 is 5.32 Å². The van der Waals surface area contributed by atoms with Crippen molar-refractivity contribution in [2.45, 2.75) is 25.7 Å². The van der Waals surface area contributed by atoms with E-state index in [9.17, 15) is 4.39 Å². The van der Waals surface area contributed by atoms with E-state index in [1.54, 1.807) is 6.07 Å². The molecule has 1 aliphatic carbocycles. The van der Waals surface area contributed by atoms with Crippen molar-refractivity contribution in [3.8, 4) is 11.4 Å². The fourth-order valence-corrected chi connectivity index (χ4v) is 2.81. The summed E-state index contributed by atoms with van der Waals surface area (Å²) in [7, 11) is 1.86. The summed E-state index contributed by atoms with van der Waals surface area (Å²) >= 11 is 3.16. The van der Waals surface area contributed by atoms with Crippen molar-refractivity contribution in [1.29, 1.82) is 0 Å². The highest BCUT2D eigenvalue weighted by atomic mass is 79.9. The summed E-state index contributed by atoms with van der Waals surface area (Å²) in [5.41, 5.74) is 3.00. The monoisotopic (exact) mass is 335 g/mol. The van der Waals surface area contributed by atoms with Gasteiger partial charge in [0, 0.05) is 23.9 Å². The van der Waals surface area contributed by atoms with Crippen LogP contribution in [0.15, 0.2) is 22.7 Å². The lowest BCUT2D eigenvalue weighted by Gasteiger charge is -2.18. The highest BCUT2D eigenvalue weighted by molar-refractivity contribution is 9.10. The smallest absolute Gasteiger partial charge is 0.161 e. The summed E-state index contributed by atoms with van der Waals surface area (Å²) in [6, 6.07) is 4.98. The molecule has 3 nitrogen and oxygen atoms in total. The van der Waals surface area contributed by atoms with Gasteiger partial charge in [-0.2, -0.15) is 0 Å². The molecule has 5 heteroatoms. The second kappa shape index (κ2) is 5.48. The molecule has 0 bridgehead atoms. The molecule has 0 amide bonds. The van der Waals surface area contributed by atoms with Crippen LogP contribution in [0.4, 0.5) is 10.2 Å². The summed E-state index contributed by atoms with van der Waals surface area (Å²) in [4.78, 5) is 9.17. The van der Waals surface area contributed by atoms with Gasteiger partial charge in [-0.05, 0) is 59.8 Å². The third-order valence-corrected chi connectivity index (χ3v) is 4.24. The lowest BCUT2D eigenvalue weighted by atomic mass is 9.96. The minimum Gasteiger partial charge on any atom is -0.373 e. The van der Waals surface area contributed by atoms with Crippen molar-refractivity contribution in [2.24, 2.45) is 0 Å². The first-order valence-electron chi connectivity index (χ1n) is 6.72. The maximum Gasteiger partial charge on any atom is 0.161 e. The Morgan fingerprint density at radius 1 is 1.20 bits per heavy atom. The number of nitrogens with zero attached hydrogens (tertiary/aromatic N) is 2. The Balaban J connectivity index is 2.11. The first-order valence-corrected chi connectivity index (χ1v) is 7.51. The first-order chi connectivity index (χ1) is 9.69. The minimum absolute atomic E-state index is 0.296. The van der Waals surface area contributed by atoms with Gasteiger partial charge in [-0.15, -0.1) is 0 Å². The molecule has 1 heterocycles. The number of rotatable bonds is 2. The molecule has 20 heavy (non-hydrogen) atoms. The second-order valence-corrected chi connectivity index (χ2v) is 5.76. The Kier molecular flexibility index (Phi) is 3.70. The van der Waals surface area contributed by atoms with Gasteiger partial charge in [-0.25, -0.2) is 14.4 Å². The molecule has 0 aliphatic heterocycles. The molecule has 104 valence electrons. The molecule has 2 aromatic rings. The second-order valence-electron chi connectivity index (χ2n) is 4.91. The third kappa shape index (κ3) is 2.42. The quantitative estimate of drug-likeness (QED) is 0.902. The van der Waals surface area contributed by atoms with E-state index in [-0.39, 0.29) is 5.82 Å². The Morgan fingerprint density at radius 2 is 2.00 bits per heavy atom. The molecule has 0 unspecified atom stereocenters. The van der Waals surface area contributed by atoms with E-state index in [0.29, 0.717) is 15.9 Å². The zero-order valence-electron chi connectivity index (χ0n) is 11.2. The van der Waals surface area contributed by atoms with Gasteiger partial charge in [0.2, 0.25) is 0 Å². The summed E-state index contributed by atoms with van der Waals surface area (Å²) in [6.07, 6.45) is 4.32. The van der Waals surface area contributed by atoms with E-state index in [0.717, 1.165) is 30.8 Å². The highest BCUT2D eigenvalue weighted by Gasteiger charge is 2.18. The summed E-state index contributed by atoms with van der Waals surface area (Å²) in [5, 5.41) is 3.14. The van der Waals surface area contributed by atoms with Crippen molar-refractivity contribution in [2.75, 3.05) is 12.4 Å². The minimum atomic E-state index is -0.296. The maximum absolute atomic E-state index is 13.7. The van der Waals surface area contributed by atoms with Crippen LogP contribution < -0.4 is 5.32 Å². The number of benzene rings is 1. The molecule has 0 spiro atoms. The summed E-state index contributed by atoms with van der Waals surface area (Å²) < 4.78 is 14.1. The summed E-state index contributed by atoms with van der Waals surface area (Å²) in [6.45, 7) is 0. The fourth-order valence-electron chi connectivity index (χ4n) is 2.57. The molecule has 0 radical (unpaired) electrons.